The van der Waals surface area contributed by atoms with Gasteiger partial charge in [0.2, 0.25) is 0 Å². The largest absolute Gasteiger partial charge is 0.327 e. The number of aromatic nitrogens is 1. The molecular weight excluding hydrogens is 220 g/mol. The summed E-state index contributed by atoms with van der Waals surface area (Å²) in [6.45, 7) is 2.13. The molecule has 1 aliphatic rings. The minimum Gasteiger partial charge on any atom is -0.327 e. The summed E-state index contributed by atoms with van der Waals surface area (Å²) in [7, 11) is 0. The van der Waals surface area contributed by atoms with Gasteiger partial charge in [0, 0.05) is 24.4 Å². The van der Waals surface area contributed by atoms with Gasteiger partial charge in [-0.15, -0.1) is 0 Å². The van der Waals surface area contributed by atoms with E-state index in [0.717, 1.165) is 6.42 Å². The highest BCUT2D eigenvalue weighted by Gasteiger charge is 2.19. The second-order valence-electron chi connectivity index (χ2n) is 5.74. The van der Waals surface area contributed by atoms with Crippen LogP contribution in [0.2, 0.25) is 0 Å². The molecule has 18 heavy (non-hydrogen) atoms. The molecule has 1 saturated carbocycles. The fourth-order valence-electron chi connectivity index (χ4n) is 3.04. The quantitative estimate of drug-likeness (QED) is 0.884. The smallest absolute Gasteiger partial charge is 0.0448 e. The molecule has 0 radical (unpaired) electrons. The molecule has 1 aliphatic carbocycles. The third-order valence-electron chi connectivity index (χ3n) is 4.30. The summed E-state index contributed by atoms with van der Waals surface area (Å²) in [5, 5.41) is 0. The Morgan fingerprint density at radius 2 is 1.89 bits per heavy atom. The van der Waals surface area contributed by atoms with Crippen LogP contribution in [0, 0.1) is 12.8 Å². The standard InChI is InChI=1S/C16H26N2/c1-13-8-7-11-18-16(13)12-15(17)14-9-5-3-2-4-6-10-14/h7-8,11,14-15H,2-6,9-10,12,17H2,1H3. The minimum atomic E-state index is 0.289. The second kappa shape index (κ2) is 6.89. The first-order chi connectivity index (χ1) is 8.77. The maximum absolute atomic E-state index is 6.43. The van der Waals surface area contributed by atoms with Crippen molar-refractivity contribution < 1.29 is 0 Å². The molecule has 0 aromatic carbocycles. The molecule has 0 aliphatic heterocycles. The average Bonchev–Trinajstić information content (AvgIpc) is 2.31. The van der Waals surface area contributed by atoms with Gasteiger partial charge < -0.3 is 5.73 Å². The van der Waals surface area contributed by atoms with E-state index in [1.165, 1.54) is 56.2 Å². The average molecular weight is 246 g/mol. The lowest BCUT2D eigenvalue weighted by Crippen LogP contribution is -2.33. The van der Waals surface area contributed by atoms with Gasteiger partial charge in [0.15, 0.2) is 0 Å². The Kier molecular flexibility index (Phi) is 5.18. The molecule has 100 valence electrons. The molecule has 2 rings (SSSR count). The number of pyridine rings is 1. The molecule has 1 aromatic rings. The van der Waals surface area contributed by atoms with Crippen LogP contribution >= 0.6 is 0 Å². The minimum absolute atomic E-state index is 0.289. The molecule has 1 unspecified atom stereocenters. The number of nitrogens with two attached hydrogens (primary N) is 1. The van der Waals surface area contributed by atoms with E-state index in [4.69, 9.17) is 5.73 Å². The molecule has 1 atom stereocenters. The van der Waals surface area contributed by atoms with Gasteiger partial charge in [-0.1, -0.05) is 38.2 Å². The van der Waals surface area contributed by atoms with Crippen LogP contribution in [0.1, 0.15) is 56.2 Å². The first-order valence-corrected chi connectivity index (χ1v) is 7.43. The maximum atomic E-state index is 6.43. The van der Waals surface area contributed by atoms with Gasteiger partial charge in [0.1, 0.15) is 0 Å². The van der Waals surface area contributed by atoms with Gasteiger partial charge >= 0.3 is 0 Å². The van der Waals surface area contributed by atoms with Gasteiger partial charge in [-0.05, 0) is 37.3 Å². The summed E-state index contributed by atoms with van der Waals surface area (Å²) in [4.78, 5) is 4.48. The van der Waals surface area contributed by atoms with E-state index < -0.39 is 0 Å². The Bertz CT molecular complexity index is 354. The van der Waals surface area contributed by atoms with Crippen LogP contribution in [0.5, 0.6) is 0 Å². The number of aryl methyl sites for hydroxylation is 1. The van der Waals surface area contributed by atoms with Crippen LogP contribution < -0.4 is 5.73 Å². The summed E-state index contributed by atoms with van der Waals surface area (Å²) in [6.07, 6.45) is 12.4. The van der Waals surface area contributed by atoms with Crippen molar-refractivity contribution >= 4 is 0 Å². The van der Waals surface area contributed by atoms with Gasteiger partial charge in [0.25, 0.3) is 0 Å². The van der Waals surface area contributed by atoms with E-state index in [-0.39, 0.29) is 6.04 Å². The lowest BCUT2D eigenvalue weighted by Gasteiger charge is -2.26. The molecule has 0 bridgehead atoms. The summed E-state index contributed by atoms with van der Waals surface area (Å²) in [5.41, 5.74) is 8.89. The number of hydrogen-bond donors (Lipinski definition) is 1. The monoisotopic (exact) mass is 246 g/mol. The fraction of sp³-hybridized carbons (Fsp3) is 0.688. The molecule has 1 fully saturated rings. The van der Waals surface area contributed by atoms with Crippen LogP contribution in [0.15, 0.2) is 18.3 Å². The summed E-state index contributed by atoms with van der Waals surface area (Å²) in [5.74, 6) is 0.701. The Balaban J connectivity index is 1.93. The Morgan fingerprint density at radius 3 is 2.56 bits per heavy atom. The third-order valence-corrected chi connectivity index (χ3v) is 4.30. The zero-order valence-corrected chi connectivity index (χ0v) is 11.6. The molecule has 1 aromatic heterocycles. The maximum Gasteiger partial charge on any atom is 0.0448 e. The normalized spacial score (nSPS) is 20.1. The van der Waals surface area contributed by atoms with Crippen molar-refractivity contribution in [3.8, 4) is 0 Å². The van der Waals surface area contributed by atoms with Crippen LogP contribution in [0.4, 0.5) is 0 Å². The van der Waals surface area contributed by atoms with E-state index in [9.17, 15) is 0 Å². The van der Waals surface area contributed by atoms with E-state index in [0.29, 0.717) is 5.92 Å². The molecular formula is C16H26N2. The Hall–Kier alpha value is -0.890. The van der Waals surface area contributed by atoms with Crippen LogP contribution in [0.3, 0.4) is 0 Å². The number of hydrogen-bond acceptors (Lipinski definition) is 2. The van der Waals surface area contributed by atoms with Gasteiger partial charge in [-0.2, -0.15) is 0 Å². The highest BCUT2D eigenvalue weighted by atomic mass is 14.7. The van der Waals surface area contributed by atoms with Crippen LogP contribution in [-0.4, -0.2) is 11.0 Å². The third kappa shape index (κ3) is 3.81. The topological polar surface area (TPSA) is 38.9 Å². The van der Waals surface area contributed by atoms with Crippen LogP contribution in [-0.2, 0) is 6.42 Å². The summed E-state index contributed by atoms with van der Waals surface area (Å²) >= 11 is 0. The Labute approximate surface area is 111 Å². The van der Waals surface area contributed by atoms with Crippen molar-refractivity contribution in [3.05, 3.63) is 29.6 Å². The second-order valence-corrected chi connectivity index (χ2v) is 5.74. The number of nitrogens with zero attached hydrogens (tertiary/aromatic N) is 1. The predicted molar refractivity (Wildman–Crippen MR) is 76.5 cm³/mol. The zero-order chi connectivity index (χ0) is 12.8. The fourth-order valence-corrected chi connectivity index (χ4v) is 3.04. The van der Waals surface area contributed by atoms with Crippen molar-refractivity contribution in [2.45, 2.75) is 64.3 Å². The first kappa shape index (κ1) is 13.5. The molecule has 1 heterocycles. The highest BCUT2D eigenvalue weighted by Crippen LogP contribution is 2.25. The summed E-state index contributed by atoms with van der Waals surface area (Å²) in [6, 6.07) is 4.42. The summed E-state index contributed by atoms with van der Waals surface area (Å²) < 4.78 is 0. The highest BCUT2D eigenvalue weighted by molar-refractivity contribution is 5.18. The molecule has 0 spiro atoms. The van der Waals surface area contributed by atoms with Crippen molar-refractivity contribution in [2.75, 3.05) is 0 Å². The van der Waals surface area contributed by atoms with Crippen molar-refractivity contribution in [3.63, 3.8) is 0 Å². The van der Waals surface area contributed by atoms with Crippen molar-refractivity contribution in [2.24, 2.45) is 11.7 Å². The van der Waals surface area contributed by atoms with Gasteiger partial charge in [-0.3, -0.25) is 4.98 Å². The van der Waals surface area contributed by atoms with Crippen molar-refractivity contribution in [1.29, 1.82) is 0 Å². The van der Waals surface area contributed by atoms with Gasteiger partial charge in [-0.25, -0.2) is 0 Å². The zero-order valence-electron chi connectivity index (χ0n) is 11.6. The van der Waals surface area contributed by atoms with E-state index in [1.54, 1.807) is 0 Å². The van der Waals surface area contributed by atoms with E-state index in [1.807, 2.05) is 12.3 Å². The van der Waals surface area contributed by atoms with E-state index >= 15 is 0 Å². The first-order valence-electron chi connectivity index (χ1n) is 7.43. The lowest BCUT2D eigenvalue weighted by atomic mass is 9.84. The van der Waals surface area contributed by atoms with E-state index in [2.05, 4.69) is 18.0 Å². The SMILES string of the molecule is Cc1cccnc1CC(N)C1CCCCCCC1. The molecule has 0 saturated heterocycles. The molecule has 2 nitrogen and oxygen atoms in total. The molecule has 2 N–H and O–H groups in total. The van der Waals surface area contributed by atoms with Crippen LogP contribution in [0.25, 0.3) is 0 Å². The lowest BCUT2D eigenvalue weighted by molar-refractivity contribution is 0.320. The predicted octanol–water partition coefficient (Wildman–Crippen LogP) is 3.62. The Morgan fingerprint density at radius 1 is 1.22 bits per heavy atom. The van der Waals surface area contributed by atoms with Gasteiger partial charge in [0.05, 0.1) is 0 Å². The molecule has 0 amide bonds. The van der Waals surface area contributed by atoms with Crippen molar-refractivity contribution in [1.82, 2.24) is 4.98 Å². The molecule has 2 heteroatoms. The number of rotatable bonds is 3.